The maximum atomic E-state index is 14.1. The van der Waals surface area contributed by atoms with Gasteiger partial charge in [0.2, 0.25) is 11.8 Å². The number of hydrogen-bond acceptors (Lipinski definition) is 12. The normalized spacial score (nSPS) is 19.6. The van der Waals surface area contributed by atoms with Crippen LogP contribution in [0.25, 0.3) is 5.57 Å². The Hall–Kier alpha value is -3.95. The topological polar surface area (TPSA) is 246 Å². The Balaban J connectivity index is 1.44. The Morgan fingerprint density at radius 1 is 0.969 bits per heavy atom. The molecule has 4 aliphatic heterocycles. The van der Waals surface area contributed by atoms with Gasteiger partial charge in [-0.3, -0.25) is 33.4 Å². The highest BCUT2D eigenvalue weighted by atomic mass is 35.5. The van der Waals surface area contributed by atoms with Gasteiger partial charge in [0.1, 0.15) is 0 Å². The summed E-state index contributed by atoms with van der Waals surface area (Å²) in [7, 11) is -10.6. The molecule has 16 nitrogen and oxygen atoms in total. The molecule has 3 aromatic carbocycles. The molecule has 0 spiro atoms. The van der Waals surface area contributed by atoms with E-state index in [1.807, 2.05) is 13.8 Å². The van der Waals surface area contributed by atoms with E-state index in [1.165, 1.54) is 28.8 Å². The van der Waals surface area contributed by atoms with E-state index in [0.717, 1.165) is 0 Å². The van der Waals surface area contributed by atoms with Gasteiger partial charge in [-0.1, -0.05) is 48.7 Å². The number of nitrogens with one attached hydrogen (secondary N) is 2. The Bertz CT molecular complexity index is 2980. The molecule has 7 rings (SSSR count). The third kappa shape index (κ3) is 9.11. The SMILES string of the molecule is CCSC1CC(=O)N(CCCCCNC(=O)c2c(Cl)c(Cl)c(C(=O)O)c(C3=c4cc5c(c(S(=O)(=O)O)c4Oc4c3cc3c(c4S(=O)(=O)O)NC(C)(C)CC3C)=NC(C)(C)CC5)c2Cl)C1=O. The molecule has 3 amide bonds. The Labute approximate surface area is 395 Å². The number of ether oxygens (including phenoxy) is 1. The van der Waals surface area contributed by atoms with Gasteiger partial charge in [-0.15, -0.1) is 11.8 Å². The first-order valence-corrected chi connectivity index (χ1v) is 25.9. The number of benzene rings is 3. The van der Waals surface area contributed by atoms with E-state index in [4.69, 9.17) is 39.5 Å². The number of aryl methyl sites for hydroxylation is 1. The van der Waals surface area contributed by atoms with E-state index < -0.39 is 107 Å². The number of unbranched alkanes of at least 4 members (excludes halogenated alkanes) is 2. The molecule has 0 radical (unpaired) electrons. The highest BCUT2D eigenvalue weighted by Gasteiger charge is 2.43. The number of likely N-dealkylation sites (tertiary alicyclic amines) is 1. The third-order valence-electron chi connectivity index (χ3n) is 12.0. The first-order valence-electron chi connectivity index (χ1n) is 20.8. The summed E-state index contributed by atoms with van der Waals surface area (Å²) in [4.78, 5) is 56.8. The van der Waals surface area contributed by atoms with Crippen molar-refractivity contribution in [1.29, 1.82) is 0 Å². The van der Waals surface area contributed by atoms with E-state index >= 15 is 0 Å². The van der Waals surface area contributed by atoms with E-state index in [9.17, 15) is 50.2 Å². The second-order valence-electron chi connectivity index (χ2n) is 17.8. The maximum absolute atomic E-state index is 14.1. The number of carboxylic acids is 1. The van der Waals surface area contributed by atoms with Crippen molar-refractivity contribution in [3.63, 3.8) is 0 Å². The summed E-state index contributed by atoms with van der Waals surface area (Å²) in [6, 6.07) is 2.99. The third-order valence-corrected chi connectivity index (χ3v) is 16.1. The van der Waals surface area contributed by atoms with E-state index in [1.54, 1.807) is 27.7 Å². The number of carboxylic acid groups (broad SMARTS) is 1. The van der Waals surface area contributed by atoms with E-state index in [0.29, 0.717) is 49.0 Å². The molecule has 1 saturated heterocycles. The van der Waals surface area contributed by atoms with Crippen molar-refractivity contribution >= 4 is 102 Å². The lowest BCUT2D eigenvalue weighted by Gasteiger charge is -2.39. The van der Waals surface area contributed by atoms with Crippen LogP contribution in [0, 0.1) is 0 Å². The average Bonchev–Trinajstić information content (AvgIpc) is 3.44. The Morgan fingerprint density at radius 2 is 1.63 bits per heavy atom. The van der Waals surface area contributed by atoms with Crippen molar-refractivity contribution in [3.8, 4) is 11.5 Å². The van der Waals surface area contributed by atoms with Crippen LogP contribution >= 0.6 is 46.6 Å². The van der Waals surface area contributed by atoms with Crippen molar-refractivity contribution in [2.75, 3.05) is 24.2 Å². The van der Waals surface area contributed by atoms with Crippen LogP contribution in [0.4, 0.5) is 5.69 Å². The highest BCUT2D eigenvalue weighted by Crippen LogP contribution is 2.53. The van der Waals surface area contributed by atoms with Crippen LogP contribution in [0.1, 0.15) is 129 Å². The molecular formula is C43H47Cl3N4O12S3. The molecule has 4 aliphatic rings. The number of imide groups is 1. The van der Waals surface area contributed by atoms with Crippen LogP contribution in [0.3, 0.4) is 0 Å². The quantitative estimate of drug-likeness (QED) is 0.0391. The van der Waals surface area contributed by atoms with Gasteiger partial charge in [-0.05, 0) is 101 Å². The number of hydrogen-bond donors (Lipinski definition) is 5. The monoisotopic (exact) mass is 1010 g/mol. The summed E-state index contributed by atoms with van der Waals surface area (Å²) in [5.74, 6) is -4.03. The zero-order valence-corrected chi connectivity index (χ0v) is 40.9. The lowest BCUT2D eigenvalue weighted by molar-refractivity contribution is -0.138. The van der Waals surface area contributed by atoms with Crippen molar-refractivity contribution in [1.82, 2.24) is 10.2 Å². The van der Waals surface area contributed by atoms with E-state index in [-0.39, 0.29) is 65.1 Å². The fraction of sp³-hybridized carbons (Fsp3) is 0.465. The number of halogens is 3. The molecule has 22 heteroatoms. The first-order chi connectivity index (χ1) is 30.2. The molecule has 0 saturated carbocycles. The van der Waals surface area contributed by atoms with Gasteiger partial charge in [-0.2, -0.15) is 16.8 Å². The van der Waals surface area contributed by atoms with Gasteiger partial charge in [0.25, 0.3) is 26.1 Å². The molecule has 1 fully saturated rings. The molecule has 0 bridgehead atoms. The molecule has 4 heterocycles. The number of rotatable bonds is 13. The van der Waals surface area contributed by atoms with Crippen LogP contribution in [-0.4, -0.2) is 94.8 Å². The van der Waals surface area contributed by atoms with Gasteiger partial charge < -0.3 is 20.5 Å². The molecule has 3 aromatic rings. The van der Waals surface area contributed by atoms with Crippen molar-refractivity contribution in [2.45, 2.75) is 119 Å². The number of carbonyl (C=O) groups excluding carboxylic acids is 3. The highest BCUT2D eigenvalue weighted by molar-refractivity contribution is 8.00. The zero-order valence-electron chi connectivity index (χ0n) is 36.1. The van der Waals surface area contributed by atoms with Gasteiger partial charge in [-0.25, -0.2) is 4.79 Å². The van der Waals surface area contributed by atoms with Crippen LogP contribution in [0.15, 0.2) is 26.9 Å². The molecule has 0 aliphatic carbocycles. The lowest BCUT2D eigenvalue weighted by atomic mass is 9.79. The largest absolute Gasteiger partial charge is 0.478 e. The van der Waals surface area contributed by atoms with Crippen LogP contribution in [-0.2, 0) is 36.2 Å². The minimum absolute atomic E-state index is 0.0419. The second-order valence-corrected chi connectivity index (χ2v) is 23.2. The average molecular weight is 1010 g/mol. The summed E-state index contributed by atoms with van der Waals surface area (Å²) >= 11 is 22.1. The molecule has 2 unspecified atom stereocenters. The first kappa shape index (κ1) is 49.0. The number of thioether (sulfide) groups is 1. The number of aromatic carboxylic acids is 1. The van der Waals surface area contributed by atoms with Gasteiger partial charge >= 0.3 is 5.97 Å². The molecule has 5 N–H and O–H groups in total. The van der Waals surface area contributed by atoms with Crippen LogP contribution in [0.2, 0.25) is 15.1 Å². The predicted molar refractivity (Wildman–Crippen MR) is 246 cm³/mol. The van der Waals surface area contributed by atoms with Crippen LogP contribution < -0.4 is 25.9 Å². The summed E-state index contributed by atoms with van der Waals surface area (Å²) in [5, 5.41) is 14.2. The number of fused-ring (bicyclic) bond motifs is 4. The van der Waals surface area contributed by atoms with Gasteiger partial charge in [0.15, 0.2) is 21.3 Å². The minimum atomic E-state index is -5.30. The Morgan fingerprint density at radius 3 is 2.26 bits per heavy atom. The molecule has 350 valence electrons. The lowest BCUT2D eigenvalue weighted by Crippen LogP contribution is -2.38. The minimum Gasteiger partial charge on any atom is -0.478 e. The molecule has 0 aromatic heterocycles. The number of carbonyl (C=O) groups is 4. The molecular weight excluding hydrogens is 967 g/mol. The van der Waals surface area contributed by atoms with Crippen LogP contribution in [0.5, 0.6) is 11.5 Å². The number of amides is 3. The summed E-state index contributed by atoms with van der Waals surface area (Å²) in [6.45, 7) is 11.1. The Kier molecular flexibility index (Phi) is 13.3. The fourth-order valence-corrected chi connectivity index (χ4v) is 12.7. The van der Waals surface area contributed by atoms with Crippen molar-refractivity contribution in [3.05, 3.63) is 71.2 Å². The number of nitrogens with zero attached hydrogens (tertiary/aromatic N) is 2. The summed E-state index contributed by atoms with van der Waals surface area (Å²) in [5.41, 5.74) is -3.10. The van der Waals surface area contributed by atoms with Gasteiger partial charge in [0, 0.05) is 47.0 Å². The fourth-order valence-electron chi connectivity index (χ4n) is 9.19. The second kappa shape index (κ2) is 17.6. The maximum Gasteiger partial charge on any atom is 0.337 e. The molecule has 65 heavy (non-hydrogen) atoms. The summed E-state index contributed by atoms with van der Waals surface area (Å²) < 4.78 is 82.6. The number of anilines is 1. The molecule has 2 atom stereocenters. The standard InChI is InChI=1S/C43H47Cl3N4O12S3/c1-7-63-24-17-25(51)50(40(24)53)14-10-8-9-13-47-39(52)29-30(44)27(28(41(54)55)31(45)32(29)46)26-22-15-20-11-12-42(3,4)48-33(20)37(64(56,57)58)35(22)62-36-23(26)16-21-19(2)18-43(5,6)49-34(21)38(36)65(59,60)61/h15-16,19,24,49H,7-14,17-18H2,1-6H3,(H,47,52)(H,54,55)(H,56,57,58)(H,59,60,61). The zero-order chi connectivity index (χ0) is 47.9. The van der Waals surface area contributed by atoms with Gasteiger partial charge in [0.05, 0.1) is 48.0 Å². The van der Waals surface area contributed by atoms with E-state index in [2.05, 4.69) is 15.6 Å². The smallest absolute Gasteiger partial charge is 0.337 e. The predicted octanol–water partition coefficient (Wildman–Crippen LogP) is 7.01. The summed E-state index contributed by atoms with van der Waals surface area (Å²) in [6.07, 6.45) is 2.58. The van der Waals surface area contributed by atoms with Crippen molar-refractivity contribution < 1.29 is 55.0 Å². The van der Waals surface area contributed by atoms with Crippen molar-refractivity contribution in [2.24, 2.45) is 4.99 Å².